The number of rotatable bonds is 1. The zero-order valence-electron chi connectivity index (χ0n) is 5.10. The highest BCUT2D eigenvalue weighted by Gasteiger charge is 2.10. The van der Waals surface area contributed by atoms with Gasteiger partial charge in [0.15, 0.2) is 0 Å². The van der Waals surface area contributed by atoms with Crippen LogP contribution in [0.4, 0.5) is 0 Å². The minimum absolute atomic E-state index is 0.781. The molecule has 1 rings (SSSR count). The molecular formula is C6H13NS. The summed E-state index contributed by atoms with van der Waals surface area (Å²) in [5, 5.41) is 0.781. The molecule has 1 heterocycles. The molecule has 48 valence electrons. The van der Waals surface area contributed by atoms with Crippen molar-refractivity contribution in [3.63, 3.8) is 0 Å². The van der Waals surface area contributed by atoms with Gasteiger partial charge in [0.25, 0.3) is 0 Å². The smallest absolute Gasteiger partial charge is 0.0170 e. The predicted octanol–water partition coefficient (Wildman–Crippen LogP) is 1.23. The third kappa shape index (κ3) is 1.67. The molecule has 0 spiro atoms. The van der Waals surface area contributed by atoms with Crippen LogP contribution < -0.4 is 5.73 Å². The summed E-state index contributed by atoms with van der Waals surface area (Å²) < 4.78 is 0. The van der Waals surface area contributed by atoms with Gasteiger partial charge in [-0.3, -0.25) is 0 Å². The van der Waals surface area contributed by atoms with E-state index in [9.17, 15) is 0 Å². The molecule has 1 saturated heterocycles. The lowest BCUT2D eigenvalue weighted by Gasteiger charge is -2.18. The van der Waals surface area contributed by atoms with E-state index in [-0.39, 0.29) is 0 Å². The van der Waals surface area contributed by atoms with E-state index in [0.29, 0.717) is 0 Å². The molecule has 0 bridgehead atoms. The summed E-state index contributed by atoms with van der Waals surface area (Å²) in [5.74, 6) is 1.34. The Bertz CT molecular complexity index is 59.5. The topological polar surface area (TPSA) is 26.0 Å². The van der Waals surface area contributed by atoms with E-state index in [1.807, 2.05) is 11.8 Å². The first kappa shape index (κ1) is 6.43. The second-order valence-electron chi connectivity index (χ2n) is 2.22. The van der Waals surface area contributed by atoms with Gasteiger partial charge in [-0.15, -0.1) is 0 Å². The van der Waals surface area contributed by atoms with Gasteiger partial charge >= 0.3 is 0 Å². The SMILES string of the molecule is NC[C@@H]1CCCCS1. The van der Waals surface area contributed by atoms with Gasteiger partial charge in [-0.2, -0.15) is 11.8 Å². The van der Waals surface area contributed by atoms with Gasteiger partial charge in [0, 0.05) is 11.8 Å². The van der Waals surface area contributed by atoms with Crippen LogP contribution in [0.25, 0.3) is 0 Å². The summed E-state index contributed by atoms with van der Waals surface area (Å²) in [7, 11) is 0. The van der Waals surface area contributed by atoms with Crippen molar-refractivity contribution < 1.29 is 0 Å². The van der Waals surface area contributed by atoms with Crippen LogP contribution in [-0.4, -0.2) is 17.5 Å². The molecule has 1 fully saturated rings. The Morgan fingerprint density at radius 2 is 2.38 bits per heavy atom. The lowest BCUT2D eigenvalue weighted by molar-refractivity contribution is 0.668. The van der Waals surface area contributed by atoms with Crippen LogP contribution in [0, 0.1) is 0 Å². The minimum atomic E-state index is 0.781. The van der Waals surface area contributed by atoms with Crippen molar-refractivity contribution in [3.8, 4) is 0 Å². The zero-order chi connectivity index (χ0) is 5.82. The van der Waals surface area contributed by atoms with Crippen LogP contribution in [0.15, 0.2) is 0 Å². The molecule has 1 nitrogen and oxygen atoms in total. The van der Waals surface area contributed by atoms with E-state index in [1.54, 1.807) is 0 Å². The molecule has 0 amide bonds. The second kappa shape index (κ2) is 3.36. The Hall–Kier alpha value is 0.310. The van der Waals surface area contributed by atoms with Crippen molar-refractivity contribution >= 4 is 11.8 Å². The van der Waals surface area contributed by atoms with Crippen molar-refractivity contribution in [1.29, 1.82) is 0 Å². The van der Waals surface area contributed by atoms with Gasteiger partial charge in [0.2, 0.25) is 0 Å². The fraction of sp³-hybridized carbons (Fsp3) is 1.00. The molecule has 1 aliphatic rings. The third-order valence-electron chi connectivity index (χ3n) is 1.54. The van der Waals surface area contributed by atoms with Crippen LogP contribution in [0.5, 0.6) is 0 Å². The van der Waals surface area contributed by atoms with E-state index in [2.05, 4.69) is 0 Å². The molecule has 0 saturated carbocycles. The molecule has 1 aliphatic heterocycles. The Balaban J connectivity index is 2.13. The van der Waals surface area contributed by atoms with E-state index in [1.165, 1.54) is 25.0 Å². The Morgan fingerprint density at radius 3 is 2.75 bits per heavy atom. The van der Waals surface area contributed by atoms with Crippen LogP contribution in [0.1, 0.15) is 19.3 Å². The first-order valence-electron chi connectivity index (χ1n) is 3.25. The quantitative estimate of drug-likeness (QED) is 0.579. The monoisotopic (exact) mass is 131 g/mol. The molecule has 0 aliphatic carbocycles. The molecule has 2 N–H and O–H groups in total. The highest BCUT2D eigenvalue weighted by molar-refractivity contribution is 7.99. The third-order valence-corrected chi connectivity index (χ3v) is 2.96. The largest absolute Gasteiger partial charge is 0.329 e. The molecule has 0 aromatic heterocycles. The molecule has 1 atom stereocenters. The Labute approximate surface area is 55.0 Å². The maximum atomic E-state index is 5.48. The van der Waals surface area contributed by atoms with E-state index < -0.39 is 0 Å². The summed E-state index contributed by atoms with van der Waals surface area (Å²) in [6.45, 7) is 0.880. The molecule has 0 aromatic rings. The summed E-state index contributed by atoms with van der Waals surface area (Å²) in [4.78, 5) is 0. The lowest BCUT2D eigenvalue weighted by atomic mass is 10.2. The minimum Gasteiger partial charge on any atom is -0.329 e. The summed E-state index contributed by atoms with van der Waals surface area (Å²) in [6.07, 6.45) is 4.15. The Morgan fingerprint density at radius 1 is 1.50 bits per heavy atom. The molecule has 8 heavy (non-hydrogen) atoms. The molecule has 0 aromatic carbocycles. The first-order chi connectivity index (χ1) is 3.93. The van der Waals surface area contributed by atoms with Gasteiger partial charge < -0.3 is 5.73 Å². The van der Waals surface area contributed by atoms with E-state index in [0.717, 1.165) is 11.8 Å². The number of thioether (sulfide) groups is 1. The molecule has 0 radical (unpaired) electrons. The summed E-state index contributed by atoms with van der Waals surface area (Å²) in [5.41, 5.74) is 5.48. The highest BCUT2D eigenvalue weighted by Crippen LogP contribution is 2.23. The fourth-order valence-corrected chi connectivity index (χ4v) is 2.17. The van der Waals surface area contributed by atoms with Crippen LogP contribution in [-0.2, 0) is 0 Å². The standard InChI is InChI=1S/C6H13NS/c7-5-6-3-1-2-4-8-6/h6H,1-5,7H2/t6-/m0/s1. The highest BCUT2D eigenvalue weighted by atomic mass is 32.2. The molecule has 0 unspecified atom stereocenters. The number of hydrogen-bond acceptors (Lipinski definition) is 2. The van der Waals surface area contributed by atoms with Crippen molar-refractivity contribution in [3.05, 3.63) is 0 Å². The van der Waals surface area contributed by atoms with E-state index >= 15 is 0 Å². The summed E-state index contributed by atoms with van der Waals surface area (Å²) in [6, 6.07) is 0. The van der Waals surface area contributed by atoms with Gasteiger partial charge in [-0.05, 0) is 18.6 Å². The maximum absolute atomic E-state index is 5.48. The van der Waals surface area contributed by atoms with Crippen LogP contribution in [0.3, 0.4) is 0 Å². The summed E-state index contributed by atoms with van der Waals surface area (Å²) >= 11 is 2.04. The van der Waals surface area contributed by atoms with Crippen molar-refractivity contribution in [2.24, 2.45) is 5.73 Å². The van der Waals surface area contributed by atoms with Crippen LogP contribution in [0.2, 0.25) is 0 Å². The second-order valence-corrected chi connectivity index (χ2v) is 3.63. The number of hydrogen-bond donors (Lipinski definition) is 1. The van der Waals surface area contributed by atoms with Gasteiger partial charge in [-0.1, -0.05) is 6.42 Å². The predicted molar refractivity (Wildman–Crippen MR) is 39.2 cm³/mol. The first-order valence-corrected chi connectivity index (χ1v) is 4.30. The van der Waals surface area contributed by atoms with Crippen molar-refractivity contribution in [1.82, 2.24) is 0 Å². The van der Waals surface area contributed by atoms with Gasteiger partial charge in [0.05, 0.1) is 0 Å². The number of nitrogens with two attached hydrogens (primary N) is 1. The van der Waals surface area contributed by atoms with Crippen LogP contribution >= 0.6 is 11.8 Å². The van der Waals surface area contributed by atoms with Crippen molar-refractivity contribution in [2.75, 3.05) is 12.3 Å². The van der Waals surface area contributed by atoms with Gasteiger partial charge in [0.1, 0.15) is 0 Å². The molecular weight excluding hydrogens is 118 g/mol. The average Bonchev–Trinajstić information content (AvgIpc) is 1.90. The van der Waals surface area contributed by atoms with E-state index in [4.69, 9.17) is 5.73 Å². The normalized spacial score (nSPS) is 30.4. The van der Waals surface area contributed by atoms with Gasteiger partial charge in [-0.25, -0.2) is 0 Å². The zero-order valence-corrected chi connectivity index (χ0v) is 5.91. The maximum Gasteiger partial charge on any atom is 0.0170 e. The molecule has 2 heteroatoms. The van der Waals surface area contributed by atoms with Crippen molar-refractivity contribution in [2.45, 2.75) is 24.5 Å². The Kier molecular flexibility index (Phi) is 2.70. The lowest BCUT2D eigenvalue weighted by Crippen LogP contribution is -2.19. The average molecular weight is 131 g/mol. The fourth-order valence-electron chi connectivity index (χ4n) is 0.993.